The average molecular weight is 221 g/mol. The van der Waals surface area contributed by atoms with Crippen molar-refractivity contribution in [2.75, 3.05) is 13.7 Å². The van der Waals surface area contributed by atoms with Crippen LogP contribution >= 0.6 is 0 Å². The summed E-state index contributed by atoms with van der Waals surface area (Å²) in [6, 6.07) is 6.70. The number of ether oxygens (including phenoxy) is 1. The summed E-state index contributed by atoms with van der Waals surface area (Å²) in [4.78, 5) is 0. The van der Waals surface area contributed by atoms with Gasteiger partial charge in [0.1, 0.15) is 12.4 Å². The summed E-state index contributed by atoms with van der Waals surface area (Å²) < 4.78 is 5.91. The Bertz CT molecular complexity index is 302. The second kappa shape index (κ2) is 6.54. The van der Waals surface area contributed by atoms with Crippen molar-refractivity contribution in [2.45, 2.75) is 39.7 Å². The monoisotopic (exact) mass is 221 g/mol. The van der Waals surface area contributed by atoms with E-state index in [2.05, 4.69) is 44.3 Å². The van der Waals surface area contributed by atoms with Gasteiger partial charge in [-0.05, 0) is 38.4 Å². The van der Waals surface area contributed by atoms with E-state index in [0.29, 0.717) is 6.04 Å². The minimum atomic E-state index is 0.448. The topological polar surface area (TPSA) is 21.3 Å². The largest absolute Gasteiger partial charge is 0.491 e. The van der Waals surface area contributed by atoms with Gasteiger partial charge in [0.2, 0.25) is 0 Å². The van der Waals surface area contributed by atoms with E-state index in [1.165, 1.54) is 17.5 Å². The van der Waals surface area contributed by atoms with Crippen molar-refractivity contribution in [3.8, 4) is 5.75 Å². The summed E-state index contributed by atoms with van der Waals surface area (Å²) >= 11 is 0. The van der Waals surface area contributed by atoms with Gasteiger partial charge < -0.3 is 10.1 Å². The fraction of sp³-hybridized carbons (Fsp3) is 0.571. The van der Waals surface area contributed by atoms with Gasteiger partial charge in [-0.25, -0.2) is 0 Å². The molecule has 2 heteroatoms. The number of likely N-dealkylation sites (N-methyl/N-ethyl adjacent to an activating group) is 1. The van der Waals surface area contributed by atoms with Gasteiger partial charge in [-0.2, -0.15) is 0 Å². The molecule has 1 N–H and O–H groups in total. The van der Waals surface area contributed by atoms with Crippen molar-refractivity contribution in [3.63, 3.8) is 0 Å². The summed E-state index contributed by atoms with van der Waals surface area (Å²) in [5.74, 6) is 1.04. The van der Waals surface area contributed by atoms with Gasteiger partial charge in [0.25, 0.3) is 0 Å². The number of benzene rings is 1. The molecule has 90 valence electrons. The Morgan fingerprint density at radius 2 is 1.88 bits per heavy atom. The first-order valence-electron chi connectivity index (χ1n) is 6.05. The van der Waals surface area contributed by atoms with Crippen molar-refractivity contribution >= 4 is 0 Å². The van der Waals surface area contributed by atoms with E-state index in [0.717, 1.165) is 18.8 Å². The molecule has 1 unspecified atom stereocenters. The standard InChI is InChI=1S/C14H23NO/c1-5-7-13(15-4)10-16-14-11(2)8-6-9-12(14)3/h6,8-9,13,15H,5,7,10H2,1-4H3. The molecular formula is C14H23NO. The van der Waals surface area contributed by atoms with Crippen molar-refractivity contribution in [2.24, 2.45) is 0 Å². The van der Waals surface area contributed by atoms with Gasteiger partial charge in [-0.3, -0.25) is 0 Å². The zero-order chi connectivity index (χ0) is 12.0. The van der Waals surface area contributed by atoms with Crippen molar-refractivity contribution < 1.29 is 4.74 Å². The summed E-state index contributed by atoms with van der Waals surface area (Å²) in [5, 5.41) is 3.29. The maximum atomic E-state index is 5.91. The lowest BCUT2D eigenvalue weighted by molar-refractivity contribution is 0.260. The molecule has 0 fully saturated rings. The Labute approximate surface area is 99.0 Å². The molecule has 0 amide bonds. The van der Waals surface area contributed by atoms with Crippen LogP contribution < -0.4 is 10.1 Å². The molecule has 1 aromatic carbocycles. The highest BCUT2D eigenvalue weighted by Gasteiger charge is 2.08. The molecule has 0 heterocycles. The first kappa shape index (κ1) is 13.0. The van der Waals surface area contributed by atoms with Crippen LogP contribution in [0.2, 0.25) is 0 Å². The number of rotatable bonds is 6. The van der Waals surface area contributed by atoms with Crippen LogP contribution in [-0.4, -0.2) is 19.7 Å². The van der Waals surface area contributed by atoms with E-state index >= 15 is 0 Å². The number of hydrogen-bond acceptors (Lipinski definition) is 2. The van der Waals surface area contributed by atoms with E-state index in [1.807, 2.05) is 7.05 Å². The fourth-order valence-electron chi connectivity index (χ4n) is 1.87. The molecule has 0 aliphatic rings. The molecule has 0 radical (unpaired) electrons. The lowest BCUT2D eigenvalue weighted by atomic mass is 10.1. The van der Waals surface area contributed by atoms with E-state index in [1.54, 1.807) is 0 Å². The molecule has 0 aliphatic carbocycles. The van der Waals surface area contributed by atoms with E-state index in [-0.39, 0.29) is 0 Å². The van der Waals surface area contributed by atoms with Crippen molar-refractivity contribution in [1.29, 1.82) is 0 Å². The van der Waals surface area contributed by atoms with Crippen LogP contribution in [0.1, 0.15) is 30.9 Å². The summed E-state index contributed by atoms with van der Waals surface area (Å²) in [7, 11) is 1.99. The van der Waals surface area contributed by atoms with Crippen LogP contribution in [0.25, 0.3) is 0 Å². The fourth-order valence-corrected chi connectivity index (χ4v) is 1.87. The van der Waals surface area contributed by atoms with Gasteiger partial charge >= 0.3 is 0 Å². The molecule has 16 heavy (non-hydrogen) atoms. The number of hydrogen-bond donors (Lipinski definition) is 1. The molecular weight excluding hydrogens is 198 g/mol. The van der Waals surface area contributed by atoms with Crippen molar-refractivity contribution in [1.82, 2.24) is 5.32 Å². The zero-order valence-electron chi connectivity index (χ0n) is 10.8. The highest BCUT2D eigenvalue weighted by Crippen LogP contribution is 2.22. The lowest BCUT2D eigenvalue weighted by Crippen LogP contribution is -2.31. The number of nitrogens with one attached hydrogen (secondary N) is 1. The second-order valence-electron chi connectivity index (χ2n) is 4.31. The van der Waals surface area contributed by atoms with Gasteiger partial charge in [-0.1, -0.05) is 31.5 Å². The lowest BCUT2D eigenvalue weighted by Gasteiger charge is -2.18. The molecule has 0 spiro atoms. The summed E-state index contributed by atoms with van der Waals surface area (Å²) in [6.45, 7) is 7.13. The third kappa shape index (κ3) is 3.53. The molecule has 0 saturated carbocycles. The predicted octanol–water partition coefficient (Wildman–Crippen LogP) is 3.07. The molecule has 0 aromatic heterocycles. The Morgan fingerprint density at radius 1 is 1.25 bits per heavy atom. The molecule has 0 saturated heterocycles. The van der Waals surface area contributed by atoms with Crippen LogP contribution in [0.4, 0.5) is 0 Å². The maximum Gasteiger partial charge on any atom is 0.125 e. The Kier molecular flexibility index (Phi) is 5.33. The Hall–Kier alpha value is -1.02. The van der Waals surface area contributed by atoms with Gasteiger partial charge in [0.15, 0.2) is 0 Å². The highest BCUT2D eigenvalue weighted by atomic mass is 16.5. The summed E-state index contributed by atoms with van der Waals surface area (Å²) in [6.07, 6.45) is 2.34. The smallest absolute Gasteiger partial charge is 0.125 e. The number of para-hydroxylation sites is 1. The van der Waals surface area contributed by atoms with Gasteiger partial charge in [-0.15, -0.1) is 0 Å². The predicted molar refractivity (Wildman–Crippen MR) is 69.2 cm³/mol. The van der Waals surface area contributed by atoms with Gasteiger partial charge in [0, 0.05) is 6.04 Å². The SMILES string of the molecule is CCCC(COc1c(C)cccc1C)NC. The third-order valence-corrected chi connectivity index (χ3v) is 2.88. The first-order chi connectivity index (χ1) is 7.69. The van der Waals surface area contributed by atoms with E-state index < -0.39 is 0 Å². The molecule has 2 nitrogen and oxygen atoms in total. The minimum absolute atomic E-state index is 0.448. The summed E-state index contributed by atoms with van der Waals surface area (Å²) in [5.41, 5.74) is 2.43. The van der Waals surface area contributed by atoms with E-state index in [9.17, 15) is 0 Å². The molecule has 1 atom stereocenters. The van der Waals surface area contributed by atoms with Crippen LogP contribution in [0, 0.1) is 13.8 Å². The Morgan fingerprint density at radius 3 is 2.38 bits per heavy atom. The normalized spacial score (nSPS) is 12.5. The van der Waals surface area contributed by atoms with Gasteiger partial charge in [0.05, 0.1) is 0 Å². The van der Waals surface area contributed by atoms with E-state index in [4.69, 9.17) is 4.74 Å². The number of aryl methyl sites for hydroxylation is 2. The highest BCUT2D eigenvalue weighted by molar-refractivity contribution is 5.39. The molecule has 1 rings (SSSR count). The van der Waals surface area contributed by atoms with Crippen LogP contribution in [0.3, 0.4) is 0 Å². The quantitative estimate of drug-likeness (QED) is 0.797. The first-order valence-corrected chi connectivity index (χ1v) is 6.05. The molecule has 1 aromatic rings. The Balaban J connectivity index is 2.59. The zero-order valence-corrected chi connectivity index (χ0v) is 10.8. The third-order valence-electron chi connectivity index (χ3n) is 2.88. The molecule has 0 aliphatic heterocycles. The van der Waals surface area contributed by atoms with Crippen LogP contribution in [0.15, 0.2) is 18.2 Å². The van der Waals surface area contributed by atoms with Crippen molar-refractivity contribution in [3.05, 3.63) is 29.3 Å². The maximum absolute atomic E-state index is 5.91. The molecule has 0 bridgehead atoms. The van der Waals surface area contributed by atoms with Crippen LogP contribution in [0.5, 0.6) is 5.75 Å². The minimum Gasteiger partial charge on any atom is -0.491 e. The second-order valence-corrected chi connectivity index (χ2v) is 4.31. The average Bonchev–Trinajstić information content (AvgIpc) is 2.27. The van der Waals surface area contributed by atoms with Crippen LogP contribution in [-0.2, 0) is 0 Å².